The molecule has 1 aliphatic rings. The number of fused-ring (bicyclic) bond motifs is 1. The van der Waals surface area contributed by atoms with Gasteiger partial charge in [-0.25, -0.2) is 13.4 Å². The lowest BCUT2D eigenvalue weighted by Crippen LogP contribution is -2.52. The van der Waals surface area contributed by atoms with Gasteiger partial charge >= 0.3 is 6.18 Å². The Morgan fingerprint density at radius 3 is 2.47 bits per heavy atom. The molecule has 1 aliphatic heterocycles. The third-order valence-corrected chi connectivity index (χ3v) is 7.17. The van der Waals surface area contributed by atoms with Crippen LogP contribution in [0.5, 0.6) is 0 Å². The number of nitrogens with one attached hydrogen (secondary N) is 1. The zero-order chi connectivity index (χ0) is 25.7. The standard InChI is InChI=1S/C23H28F3N3O4S/c1-13-5-6-16(20(27)30)17(7-13)21(2,3)12-22(31,23(24,25)26)10-15-8-14-9-19(34(4,32)33)28-11-18(14)29-15/h5-7,9,11,15,29,31H,8,10,12H2,1-4H3,(H2,27,30). The number of aromatic nitrogens is 1. The van der Waals surface area contributed by atoms with Gasteiger partial charge in [0.2, 0.25) is 5.91 Å². The number of aliphatic hydroxyl groups is 1. The molecule has 0 saturated carbocycles. The van der Waals surface area contributed by atoms with Crippen LogP contribution in [0.2, 0.25) is 0 Å². The van der Waals surface area contributed by atoms with Gasteiger partial charge in [0.05, 0.1) is 11.9 Å². The minimum absolute atomic E-state index is 0.0934. The first-order valence-electron chi connectivity index (χ1n) is 10.6. The van der Waals surface area contributed by atoms with Crippen molar-refractivity contribution in [3.05, 3.63) is 52.7 Å². The second-order valence-electron chi connectivity index (χ2n) is 9.70. The van der Waals surface area contributed by atoms with Crippen molar-refractivity contribution in [3.8, 4) is 0 Å². The lowest BCUT2D eigenvalue weighted by atomic mass is 9.71. The van der Waals surface area contributed by atoms with Crippen molar-refractivity contribution in [1.29, 1.82) is 0 Å². The number of carbonyl (C=O) groups is 1. The summed E-state index contributed by atoms with van der Waals surface area (Å²) >= 11 is 0. The Labute approximate surface area is 196 Å². The third-order valence-electron chi connectivity index (χ3n) is 6.19. The lowest BCUT2D eigenvalue weighted by Gasteiger charge is -2.40. The van der Waals surface area contributed by atoms with E-state index in [-0.39, 0.29) is 17.0 Å². The number of rotatable bonds is 7. The number of amides is 1. The van der Waals surface area contributed by atoms with Crippen LogP contribution in [-0.2, 0) is 21.7 Å². The summed E-state index contributed by atoms with van der Waals surface area (Å²) in [6, 6.07) is 5.26. The summed E-state index contributed by atoms with van der Waals surface area (Å²) in [6.07, 6.45) is -4.00. The van der Waals surface area contributed by atoms with Crippen LogP contribution in [0.25, 0.3) is 0 Å². The number of anilines is 1. The van der Waals surface area contributed by atoms with Crippen molar-refractivity contribution in [3.63, 3.8) is 0 Å². The van der Waals surface area contributed by atoms with E-state index in [4.69, 9.17) is 5.73 Å². The van der Waals surface area contributed by atoms with Crippen molar-refractivity contribution in [1.82, 2.24) is 4.98 Å². The first-order chi connectivity index (χ1) is 15.4. The largest absolute Gasteiger partial charge is 0.417 e. The van der Waals surface area contributed by atoms with Crippen molar-refractivity contribution >= 4 is 21.4 Å². The second-order valence-corrected chi connectivity index (χ2v) is 11.7. The van der Waals surface area contributed by atoms with E-state index < -0.39 is 51.8 Å². The zero-order valence-corrected chi connectivity index (χ0v) is 20.1. The van der Waals surface area contributed by atoms with Crippen molar-refractivity contribution in [2.45, 2.75) is 68.3 Å². The molecule has 2 atom stereocenters. The van der Waals surface area contributed by atoms with E-state index in [1.165, 1.54) is 32.2 Å². The first kappa shape index (κ1) is 26.0. The molecule has 0 aliphatic carbocycles. The average molecular weight is 500 g/mol. The fourth-order valence-electron chi connectivity index (χ4n) is 4.59. The second kappa shape index (κ2) is 8.53. The number of pyridine rings is 1. The van der Waals surface area contributed by atoms with E-state index in [1.54, 1.807) is 19.1 Å². The Hall–Kier alpha value is -2.66. The fourth-order valence-corrected chi connectivity index (χ4v) is 5.19. The van der Waals surface area contributed by atoms with Crippen LogP contribution in [0.4, 0.5) is 18.9 Å². The summed E-state index contributed by atoms with van der Waals surface area (Å²) in [5.41, 5.74) is 3.21. The Morgan fingerprint density at radius 1 is 1.26 bits per heavy atom. The first-order valence-corrected chi connectivity index (χ1v) is 12.5. The summed E-state index contributed by atoms with van der Waals surface area (Å²) in [5.74, 6) is -0.763. The van der Waals surface area contributed by atoms with Gasteiger partial charge in [0, 0.05) is 24.3 Å². The highest BCUT2D eigenvalue weighted by Gasteiger charge is 2.57. The summed E-state index contributed by atoms with van der Waals surface area (Å²) in [4.78, 5) is 15.8. The molecule has 3 rings (SSSR count). The summed E-state index contributed by atoms with van der Waals surface area (Å²) in [7, 11) is -3.58. The number of nitrogens with two attached hydrogens (primary N) is 1. The summed E-state index contributed by atoms with van der Waals surface area (Å²) in [5, 5.41) is 13.7. The molecule has 4 N–H and O–H groups in total. The molecule has 0 radical (unpaired) electrons. The molecule has 0 spiro atoms. The number of halogens is 3. The number of aryl methyl sites for hydroxylation is 1. The minimum Gasteiger partial charge on any atom is -0.380 e. The van der Waals surface area contributed by atoms with Crippen LogP contribution in [-0.4, -0.2) is 48.5 Å². The predicted molar refractivity (Wildman–Crippen MR) is 121 cm³/mol. The molecule has 186 valence electrons. The molecule has 1 aromatic carbocycles. The monoisotopic (exact) mass is 499 g/mol. The van der Waals surface area contributed by atoms with E-state index in [2.05, 4.69) is 10.3 Å². The number of primary amides is 1. The molecular weight excluding hydrogens is 471 g/mol. The maximum absolute atomic E-state index is 14.2. The lowest BCUT2D eigenvalue weighted by molar-refractivity contribution is -0.270. The Balaban J connectivity index is 1.92. The molecule has 11 heteroatoms. The van der Waals surface area contributed by atoms with Gasteiger partial charge in [-0.3, -0.25) is 4.79 Å². The van der Waals surface area contributed by atoms with E-state index in [0.29, 0.717) is 16.8 Å². The minimum atomic E-state index is -4.96. The maximum Gasteiger partial charge on any atom is 0.417 e. The SMILES string of the molecule is Cc1ccc(C(N)=O)c(C(C)(C)CC(O)(CC2Cc3cc(S(C)(=O)=O)ncc3N2)C(F)(F)F)c1. The molecular formula is C23H28F3N3O4S. The normalized spacial score (nSPS) is 18.2. The van der Waals surface area contributed by atoms with Crippen LogP contribution in [0.15, 0.2) is 35.5 Å². The number of alkyl halides is 3. The van der Waals surface area contributed by atoms with Gasteiger partial charge in [0.1, 0.15) is 0 Å². The van der Waals surface area contributed by atoms with E-state index in [1.807, 2.05) is 0 Å². The van der Waals surface area contributed by atoms with E-state index >= 15 is 0 Å². The van der Waals surface area contributed by atoms with E-state index in [0.717, 1.165) is 11.8 Å². The number of sulfone groups is 1. The highest BCUT2D eigenvalue weighted by molar-refractivity contribution is 7.90. The van der Waals surface area contributed by atoms with Crippen LogP contribution in [0.3, 0.4) is 0 Å². The molecule has 0 saturated heterocycles. The van der Waals surface area contributed by atoms with Gasteiger partial charge in [-0.2, -0.15) is 13.2 Å². The molecule has 2 aromatic rings. The number of hydrogen-bond donors (Lipinski definition) is 3. The summed E-state index contributed by atoms with van der Waals surface area (Å²) < 4.78 is 66.2. The van der Waals surface area contributed by atoms with Crippen LogP contribution >= 0.6 is 0 Å². The van der Waals surface area contributed by atoms with Gasteiger partial charge in [-0.1, -0.05) is 31.5 Å². The number of nitrogens with zero attached hydrogens (tertiary/aromatic N) is 1. The molecule has 1 aromatic heterocycles. The van der Waals surface area contributed by atoms with Gasteiger partial charge in [0.15, 0.2) is 20.5 Å². The quantitative estimate of drug-likeness (QED) is 0.537. The molecule has 0 bridgehead atoms. The molecule has 0 fully saturated rings. The van der Waals surface area contributed by atoms with Crippen molar-refractivity contribution in [2.24, 2.45) is 5.73 Å². The Morgan fingerprint density at radius 2 is 1.91 bits per heavy atom. The van der Waals surface area contributed by atoms with Gasteiger partial charge in [-0.15, -0.1) is 0 Å². The van der Waals surface area contributed by atoms with Gasteiger partial charge in [-0.05, 0) is 48.4 Å². The molecule has 34 heavy (non-hydrogen) atoms. The Kier molecular flexibility index (Phi) is 6.51. The van der Waals surface area contributed by atoms with Crippen LogP contribution in [0, 0.1) is 6.92 Å². The smallest absolute Gasteiger partial charge is 0.380 e. The van der Waals surface area contributed by atoms with E-state index in [9.17, 15) is 31.5 Å². The van der Waals surface area contributed by atoms with Crippen molar-refractivity contribution in [2.75, 3.05) is 11.6 Å². The maximum atomic E-state index is 14.2. The highest BCUT2D eigenvalue weighted by Crippen LogP contribution is 2.45. The predicted octanol–water partition coefficient (Wildman–Crippen LogP) is 3.28. The van der Waals surface area contributed by atoms with Crippen molar-refractivity contribution < 1.29 is 31.5 Å². The zero-order valence-electron chi connectivity index (χ0n) is 19.3. The van der Waals surface area contributed by atoms with Crippen LogP contribution in [0.1, 0.15) is 53.7 Å². The topological polar surface area (TPSA) is 122 Å². The van der Waals surface area contributed by atoms with Crippen LogP contribution < -0.4 is 11.1 Å². The number of carbonyl (C=O) groups excluding carboxylic acids is 1. The molecule has 7 nitrogen and oxygen atoms in total. The Bertz CT molecular complexity index is 1230. The highest BCUT2D eigenvalue weighted by atomic mass is 32.2. The molecule has 2 unspecified atom stereocenters. The molecule has 1 amide bonds. The van der Waals surface area contributed by atoms with Gasteiger partial charge in [0.25, 0.3) is 0 Å². The third kappa shape index (κ3) is 5.20. The summed E-state index contributed by atoms with van der Waals surface area (Å²) in [6.45, 7) is 4.81. The number of benzene rings is 1. The molecule has 2 heterocycles. The van der Waals surface area contributed by atoms with Gasteiger partial charge < -0.3 is 16.2 Å². The average Bonchev–Trinajstić information content (AvgIpc) is 3.06. The number of hydrogen-bond acceptors (Lipinski definition) is 6. The fraction of sp³-hybridized carbons (Fsp3) is 0.478.